The fourth-order valence-electron chi connectivity index (χ4n) is 5.37. The van der Waals surface area contributed by atoms with Crippen molar-refractivity contribution in [3.05, 3.63) is 70.5 Å². The number of hydrogen-bond acceptors (Lipinski definition) is 7. The van der Waals surface area contributed by atoms with E-state index in [1.165, 1.54) is 15.8 Å². The van der Waals surface area contributed by atoms with Crippen molar-refractivity contribution in [1.82, 2.24) is 25.2 Å². The summed E-state index contributed by atoms with van der Waals surface area (Å²) in [6.45, 7) is 2.16. The third-order valence-electron chi connectivity index (χ3n) is 7.17. The number of nitrogens with one attached hydrogen (secondary N) is 1. The van der Waals surface area contributed by atoms with E-state index in [0.29, 0.717) is 35.3 Å². The zero-order chi connectivity index (χ0) is 25.8. The lowest BCUT2D eigenvalue weighted by molar-refractivity contribution is -0.136. The normalized spacial score (nSPS) is 20.5. The van der Waals surface area contributed by atoms with Gasteiger partial charge in [-0.15, -0.1) is 5.10 Å². The van der Waals surface area contributed by atoms with E-state index in [4.69, 9.17) is 0 Å². The van der Waals surface area contributed by atoms with Crippen molar-refractivity contribution in [2.75, 3.05) is 4.90 Å². The maximum absolute atomic E-state index is 13.4. The van der Waals surface area contributed by atoms with Gasteiger partial charge in [0.05, 0.1) is 23.5 Å². The van der Waals surface area contributed by atoms with Crippen molar-refractivity contribution >= 4 is 29.3 Å². The number of carbonyl (C=O) groups is 4. The van der Waals surface area contributed by atoms with Crippen LogP contribution >= 0.6 is 0 Å². The minimum atomic E-state index is -0.691. The van der Waals surface area contributed by atoms with Gasteiger partial charge in [-0.3, -0.25) is 24.5 Å². The number of nitrogens with zero attached hydrogens (tertiary/aromatic N) is 6. The number of benzene rings is 2. The SMILES string of the molecule is CC1Cc2c(C#N)cccc2N1C(=O)c1cn(-c2ccc3c(c2)CN(C2CCC(=O)NC2=O)C3=O)nn1. The van der Waals surface area contributed by atoms with Gasteiger partial charge in [0.15, 0.2) is 5.69 Å². The third-order valence-corrected chi connectivity index (χ3v) is 7.17. The van der Waals surface area contributed by atoms with E-state index in [9.17, 15) is 24.4 Å². The molecule has 4 amide bonds. The number of aromatic nitrogens is 3. The summed E-state index contributed by atoms with van der Waals surface area (Å²) in [6, 6.07) is 11.9. The minimum absolute atomic E-state index is 0.133. The van der Waals surface area contributed by atoms with Crippen LogP contribution in [-0.2, 0) is 22.6 Å². The molecular formula is C26H21N7O4. The predicted octanol–water partition coefficient (Wildman–Crippen LogP) is 1.49. The molecule has 2 unspecified atom stereocenters. The number of hydrogen-bond donors (Lipinski definition) is 1. The van der Waals surface area contributed by atoms with E-state index < -0.39 is 11.9 Å². The van der Waals surface area contributed by atoms with Crippen LogP contribution in [0.4, 0.5) is 5.69 Å². The molecule has 3 aromatic rings. The van der Waals surface area contributed by atoms with Gasteiger partial charge in [0.2, 0.25) is 11.8 Å². The Balaban J connectivity index is 1.25. The van der Waals surface area contributed by atoms with Gasteiger partial charge in [-0.1, -0.05) is 11.3 Å². The smallest absolute Gasteiger partial charge is 0.280 e. The molecule has 1 fully saturated rings. The molecule has 37 heavy (non-hydrogen) atoms. The first-order chi connectivity index (χ1) is 17.9. The number of piperidine rings is 1. The fourth-order valence-corrected chi connectivity index (χ4v) is 5.37. The molecule has 0 radical (unpaired) electrons. The van der Waals surface area contributed by atoms with Crippen LogP contribution in [0.3, 0.4) is 0 Å². The average molecular weight is 495 g/mol. The topological polar surface area (TPSA) is 141 Å². The van der Waals surface area contributed by atoms with Gasteiger partial charge in [0.25, 0.3) is 11.8 Å². The minimum Gasteiger partial charge on any atom is -0.322 e. The lowest BCUT2D eigenvalue weighted by atomic mass is 10.0. The van der Waals surface area contributed by atoms with E-state index in [1.54, 1.807) is 35.2 Å². The molecule has 4 heterocycles. The molecule has 184 valence electrons. The molecule has 6 rings (SSSR count). The van der Waals surface area contributed by atoms with Crippen molar-refractivity contribution < 1.29 is 19.2 Å². The molecule has 11 heteroatoms. The number of rotatable bonds is 3. The second kappa shape index (κ2) is 8.37. The Morgan fingerprint density at radius 1 is 1.19 bits per heavy atom. The lowest BCUT2D eigenvalue weighted by Gasteiger charge is -2.29. The molecule has 0 aliphatic carbocycles. The second-order valence-electron chi connectivity index (χ2n) is 9.43. The summed E-state index contributed by atoms with van der Waals surface area (Å²) < 4.78 is 1.47. The van der Waals surface area contributed by atoms with Gasteiger partial charge in [-0.25, -0.2) is 4.68 Å². The molecule has 2 atom stereocenters. The first kappa shape index (κ1) is 22.6. The number of anilines is 1. The Morgan fingerprint density at radius 3 is 2.81 bits per heavy atom. The Kier molecular flexibility index (Phi) is 5.12. The first-order valence-electron chi connectivity index (χ1n) is 11.9. The Bertz CT molecular complexity index is 1550. The van der Waals surface area contributed by atoms with Crippen LogP contribution in [0.25, 0.3) is 5.69 Å². The summed E-state index contributed by atoms with van der Waals surface area (Å²) in [7, 11) is 0. The van der Waals surface area contributed by atoms with E-state index in [-0.39, 0.29) is 42.4 Å². The number of imide groups is 1. The fraction of sp³-hybridized carbons (Fsp3) is 0.269. The highest BCUT2D eigenvalue weighted by atomic mass is 16.2. The van der Waals surface area contributed by atoms with Crippen LogP contribution in [0, 0.1) is 11.3 Å². The van der Waals surface area contributed by atoms with Gasteiger partial charge in [-0.05, 0) is 61.2 Å². The molecule has 0 saturated carbocycles. The standard InChI is InChI=1S/C26H21N7O4/c1-14-9-19-15(11-27)3-2-4-21(19)33(14)26(37)20-13-32(30-29-20)17-5-6-18-16(10-17)12-31(25(18)36)22-7-8-23(34)28-24(22)35/h2-6,10,13-14,22H,7-9,12H2,1H3,(H,28,34,35). The summed E-state index contributed by atoms with van der Waals surface area (Å²) in [5.41, 5.74) is 4.09. The van der Waals surface area contributed by atoms with Crippen molar-refractivity contribution in [3.8, 4) is 11.8 Å². The van der Waals surface area contributed by atoms with Crippen LogP contribution in [-0.4, -0.2) is 55.6 Å². The summed E-state index contributed by atoms with van der Waals surface area (Å²) >= 11 is 0. The van der Waals surface area contributed by atoms with Crippen LogP contribution < -0.4 is 10.2 Å². The summed E-state index contributed by atoms with van der Waals surface area (Å²) in [4.78, 5) is 53.2. The van der Waals surface area contributed by atoms with E-state index in [0.717, 1.165) is 11.1 Å². The van der Waals surface area contributed by atoms with Crippen molar-refractivity contribution in [3.63, 3.8) is 0 Å². The second-order valence-corrected chi connectivity index (χ2v) is 9.43. The highest BCUT2D eigenvalue weighted by Crippen LogP contribution is 2.35. The van der Waals surface area contributed by atoms with Gasteiger partial charge >= 0.3 is 0 Å². The molecule has 2 aromatic carbocycles. The predicted molar refractivity (Wildman–Crippen MR) is 129 cm³/mol. The van der Waals surface area contributed by atoms with E-state index >= 15 is 0 Å². The van der Waals surface area contributed by atoms with E-state index in [2.05, 4.69) is 21.7 Å². The maximum atomic E-state index is 13.4. The largest absolute Gasteiger partial charge is 0.322 e. The summed E-state index contributed by atoms with van der Waals surface area (Å²) in [6.07, 6.45) is 2.61. The molecule has 3 aliphatic heterocycles. The monoisotopic (exact) mass is 495 g/mol. The molecule has 0 spiro atoms. The van der Waals surface area contributed by atoms with Crippen LogP contribution in [0.15, 0.2) is 42.6 Å². The Labute approximate surface area is 211 Å². The molecule has 1 N–H and O–H groups in total. The zero-order valence-electron chi connectivity index (χ0n) is 19.8. The van der Waals surface area contributed by atoms with Gasteiger partial charge < -0.3 is 9.80 Å². The quantitative estimate of drug-likeness (QED) is 0.543. The van der Waals surface area contributed by atoms with Crippen molar-refractivity contribution in [1.29, 1.82) is 5.26 Å². The highest BCUT2D eigenvalue weighted by Gasteiger charge is 2.39. The van der Waals surface area contributed by atoms with Crippen molar-refractivity contribution in [2.45, 2.75) is 44.8 Å². The van der Waals surface area contributed by atoms with Gasteiger partial charge in [0, 0.05) is 30.3 Å². The number of amides is 4. The van der Waals surface area contributed by atoms with Crippen LogP contribution in [0.2, 0.25) is 0 Å². The maximum Gasteiger partial charge on any atom is 0.280 e. The molecule has 1 saturated heterocycles. The molecule has 11 nitrogen and oxygen atoms in total. The number of nitriles is 1. The first-order valence-corrected chi connectivity index (χ1v) is 11.9. The molecule has 1 aromatic heterocycles. The Morgan fingerprint density at radius 2 is 2.03 bits per heavy atom. The molecule has 0 bridgehead atoms. The van der Waals surface area contributed by atoms with Crippen LogP contribution in [0.5, 0.6) is 0 Å². The third kappa shape index (κ3) is 3.57. The van der Waals surface area contributed by atoms with E-state index in [1.807, 2.05) is 13.0 Å². The summed E-state index contributed by atoms with van der Waals surface area (Å²) in [5.74, 6) is -1.37. The zero-order valence-corrected chi connectivity index (χ0v) is 19.8. The molecule has 3 aliphatic rings. The van der Waals surface area contributed by atoms with Crippen molar-refractivity contribution in [2.24, 2.45) is 0 Å². The van der Waals surface area contributed by atoms with Gasteiger partial charge in [0.1, 0.15) is 6.04 Å². The average Bonchev–Trinajstić information content (AvgIpc) is 3.59. The van der Waals surface area contributed by atoms with Crippen LogP contribution in [0.1, 0.15) is 57.3 Å². The molecular weight excluding hydrogens is 474 g/mol. The highest BCUT2D eigenvalue weighted by molar-refractivity contribution is 6.07. The Hall–Kier alpha value is -4.85. The lowest BCUT2D eigenvalue weighted by Crippen LogP contribution is -2.52. The van der Waals surface area contributed by atoms with Gasteiger partial charge in [-0.2, -0.15) is 5.26 Å². The number of carbonyl (C=O) groups excluding carboxylic acids is 4. The summed E-state index contributed by atoms with van der Waals surface area (Å²) in [5, 5.41) is 19.9. The number of fused-ring (bicyclic) bond motifs is 2.